The summed E-state index contributed by atoms with van der Waals surface area (Å²) in [7, 11) is 1.68. The van der Waals surface area contributed by atoms with Crippen molar-refractivity contribution >= 4 is 28.6 Å². The highest BCUT2D eigenvalue weighted by molar-refractivity contribution is 5.89. The van der Waals surface area contributed by atoms with E-state index in [2.05, 4.69) is 38.8 Å². The van der Waals surface area contributed by atoms with E-state index >= 15 is 0 Å². The van der Waals surface area contributed by atoms with Gasteiger partial charge < -0.3 is 19.4 Å². The third-order valence-corrected chi connectivity index (χ3v) is 7.23. The third-order valence-electron chi connectivity index (χ3n) is 7.23. The Hall–Kier alpha value is -3.42. The monoisotopic (exact) mass is 474 g/mol. The third kappa shape index (κ3) is 4.74. The van der Waals surface area contributed by atoms with Crippen LogP contribution in [0.5, 0.6) is 5.75 Å². The first-order chi connectivity index (χ1) is 16.9. The number of aromatic nitrogens is 3. The quantitative estimate of drug-likeness (QED) is 0.573. The Kier molecular flexibility index (Phi) is 6.45. The van der Waals surface area contributed by atoms with Crippen LogP contribution in [-0.4, -0.2) is 72.1 Å². The smallest absolute Gasteiger partial charge is 0.225 e. The maximum Gasteiger partial charge on any atom is 0.225 e. The van der Waals surface area contributed by atoms with Crippen molar-refractivity contribution in [3.63, 3.8) is 0 Å². The lowest BCUT2D eigenvalue weighted by Crippen LogP contribution is -2.52. The first-order valence-corrected chi connectivity index (χ1v) is 12.5. The van der Waals surface area contributed by atoms with E-state index in [0.717, 1.165) is 91.9 Å². The number of hydrogen-bond acceptors (Lipinski definition) is 7. The van der Waals surface area contributed by atoms with Crippen LogP contribution in [-0.2, 0) is 4.79 Å². The van der Waals surface area contributed by atoms with Crippen LogP contribution in [0.2, 0.25) is 0 Å². The Morgan fingerprint density at radius 3 is 2.23 bits per heavy atom. The number of nitrogens with zero attached hydrogens (tertiary/aromatic N) is 6. The summed E-state index contributed by atoms with van der Waals surface area (Å²) in [4.78, 5) is 33.9. The van der Waals surface area contributed by atoms with Crippen LogP contribution < -0.4 is 14.5 Å². The van der Waals surface area contributed by atoms with Gasteiger partial charge in [-0.05, 0) is 57.4 Å². The number of aryl methyl sites for hydroxylation is 3. The number of anilines is 2. The van der Waals surface area contributed by atoms with Gasteiger partial charge in [-0.2, -0.15) is 0 Å². The first kappa shape index (κ1) is 23.3. The van der Waals surface area contributed by atoms with Crippen molar-refractivity contribution < 1.29 is 9.53 Å². The lowest BCUT2D eigenvalue weighted by atomic mass is 9.95. The highest BCUT2D eigenvalue weighted by atomic mass is 16.5. The fraction of sp³-hybridized carbons (Fsp3) is 0.481. The van der Waals surface area contributed by atoms with Gasteiger partial charge in [0.25, 0.3) is 0 Å². The van der Waals surface area contributed by atoms with Gasteiger partial charge in [-0.1, -0.05) is 12.1 Å². The summed E-state index contributed by atoms with van der Waals surface area (Å²) in [5, 5.41) is 1.11. The summed E-state index contributed by atoms with van der Waals surface area (Å²) in [6.07, 6.45) is 1.70. The second-order valence-electron chi connectivity index (χ2n) is 9.68. The Morgan fingerprint density at radius 2 is 1.57 bits per heavy atom. The van der Waals surface area contributed by atoms with E-state index in [0.29, 0.717) is 0 Å². The molecule has 2 aliphatic rings. The number of carbonyl (C=O) groups is 1. The number of piperidine rings is 1. The fourth-order valence-corrected chi connectivity index (χ4v) is 5.29. The summed E-state index contributed by atoms with van der Waals surface area (Å²) < 4.78 is 5.54. The predicted molar refractivity (Wildman–Crippen MR) is 138 cm³/mol. The van der Waals surface area contributed by atoms with E-state index in [1.165, 1.54) is 5.56 Å². The predicted octanol–water partition coefficient (Wildman–Crippen LogP) is 3.52. The number of fused-ring (bicyclic) bond motifs is 1. The van der Waals surface area contributed by atoms with Crippen LogP contribution in [0.25, 0.3) is 10.9 Å². The molecule has 184 valence electrons. The molecule has 2 saturated heterocycles. The largest absolute Gasteiger partial charge is 0.494 e. The molecule has 0 bridgehead atoms. The zero-order valence-corrected chi connectivity index (χ0v) is 21.1. The van der Waals surface area contributed by atoms with Crippen LogP contribution in [0.15, 0.2) is 30.3 Å². The summed E-state index contributed by atoms with van der Waals surface area (Å²) in [6, 6.07) is 10.2. The number of rotatable bonds is 4. The zero-order chi connectivity index (χ0) is 24.5. The van der Waals surface area contributed by atoms with E-state index in [1.807, 2.05) is 36.9 Å². The van der Waals surface area contributed by atoms with E-state index in [-0.39, 0.29) is 11.8 Å². The minimum Gasteiger partial charge on any atom is -0.494 e. The average molecular weight is 475 g/mol. The van der Waals surface area contributed by atoms with Crippen LogP contribution >= 0.6 is 0 Å². The zero-order valence-electron chi connectivity index (χ0n) is 21.1. The molecular formula is C27H34N6O2. The molecule has 5 rings (SSSR count). The van der Waals surface area contributed by atoms with Crippen molar-refractivity contribution in [3.05, 3.63) is 47.3 Å². The van der Waals surface area contributed by atoms with E-state index in [9.17, 15) is 4.79 Å². The normalized spacial score (nSPS) is 17.2. The number of ether oxygens (including phenoxy) is 1. The molecule has 1 aromatic carbocycles. The molecule has 35 heavy (non-hydrogen) atoms. The Labute approximate surface area is 206 Å². The van der Waals surface area contributed by atoms with Crippen LogP contribution in [0.1, 0.15) is 29.8 Å². The number of methoxy groups -OCH3 is 1. The SMILES string of the molecule is COc1cccc2c(C)cc(N3CCN(C(=O)C4CCN(c5nc(C)cc(C)n5)CC4)CC3)nc12. The summed E-state index contributed by atoms with van der Waals surface area (Å²) >= 11 is 0. The second-order valence-corrected chi connectivity index (χ2v) is 9.68. The first-order valence-electron chi connectivity index (χ1n) is 12.5. The van der Waals surface area contributed by atoms with Crippen LogP contribution in [0.4, 0.5) is 11.8 Å². The second kappa shape index (κ2) is 9.68. The highest BCUT2D eigenvalue weighted by Gasteiger charge is 2.31. The molecule has 0 spiro atoms. The number of piperazine rings is 1. The number of benzene rings is 1. The van der Waals surface area contributed by atoms with Gasteiger partial charge >= 0.3 is 0 Å². The molecule has 8 heteroatoms. The minimum absolute atomic E-state index is 0.0778. The molecule has 4 heterocycles. The van der Waals surface area contributed by atoms with Gasteiger partial charge in [0.2, 0.25) is 11.9 Å². The Bertz CT molecular complexity index is 1210. The maximum absolute atomic E-state index is 13.3. The van der Waals surface area contributed by atoms with Gasteiger partial charge in [-0.25, -0.2) is 15.0 Å². The molecule has 0 atom stereocenters. The molecule has 2 aliphatic heterocycles. The lowest BCUT2D eigenvalue weighted by Gasteiger charge is -2.39. The van der Waals surface area contributed by atoms with Crippen molar-refractivity contribution in [2.45, 2.75) is 33.6 Å². The van der Waals surface area contributed by atoms with E-state index in [1.54, 1.807) is 7.11 Å². The number of para-hydroxylation sites is 1. The van der Waals surface area contributed by atoms with Gasteiger partial charge in [-0.3, -0.25) is 4.79 Å². The fourth-order valence-electron chi connectivity index (χ4n) is 5.29. The Balaban J connectivity index is 1.20. The van der Waals surface area contributed by atoms with Gasteiger partial charge in [0.15, 0.2) is 0 Å². The van der Waals surface area contributed by atoms with E-state index in [4.69, 9.17) is 9.72 Å². The van der Waals surface area contributed by atoms with Gasteiger partial charge in [0, 0.05) is 62.0 Å². The molecule has 2 fully saturated rings. The molecule has 8 nitrogen and oxygen atoms in total. The summed E-state index contributed by atoms with van der Waals surface area (Å²) in [5.74, 6) is 2.90. The van der Waals surface area contributed by atoms with Crippen LogP contribution in [0.3, 0.4) is 0 Å². The number of hydrogen-bond donors (Lipinski definition) is 0. The van der Waals surface area contributed by atoms with Crippen molar-refractivity contribution in [2.24, 2.45) is 5.92 Å². The molecule has 0 saturated carbocycles. The maximum atomic E-state index is 13.3. The molecule has 1 amide bonds. The standard InChI is InChI=1S/C27H34N6O2/c1-18-16-24(30-25-22(18)6-5-7-23(25)35-4)31-12-14-32(15-13-31)26(34)21-8-10-33(11-9-21)27-28-19(2)17-20(3)29-27/h5-7,16-17,21H,8-15H2,1-4H3. The number of pyridine rings is 1. The van der Waals surface area contributed by atoms with Gasteiger partial charge in [0.1, 0.15) is 17.1 Å². The topological polar surface area (TPSA) is 74.7 Å². The molecule has 0 aliphatic carbocycles. The molecule has 0 N–H and O–H groups in total. The minimum atomic E-state index is 0.0778. The number of amides is 1. The average Bonchev–Trinajstić information content (AvgIpc) is 2.87. The van der Waals surface area contributed by atoms with Crippen molar-refractivity contribution in [2.75, 3.05) is 56.2 Å². The van der Waals surface area contributed by atoms with E-state index < -0.39 is 0 Å². The van der Waals surface area contributed by atoms with Crippen molar-refractivity contribution in [1.82, 2.24) is 19.9 Å². The molecular weight excluding hydrogens is 440 g/mol. The van der Waals surface area contributed by atoms with Crippen molar-refractivity contribution in [1.29, 1.82) is 0 Å². The molecule has 0 radical (unpaired) electrons. The summed E-state index contributed by atoms with van der Waals surface area (Å²) in [5.41, 5.74) is 4.04. The van der Waals surface area contributed by atoms with Crippen LogP contribution in [0, 0.1) is 26.7 Å². The lowest BCUT2D eigenvalue weighted by molar-refractivity contribution is -0.136. The number of carbonyl (C=O) groups excluding carboxylic acids is 1. The summed E-state index contributed by atoms with van der Waals surface area (Å²) in [6.45, 7) is 10.8. The molecule has 0 unspecified atom stereocenters. The van der Waals surface area contributed by atoms with Crippen molar-refractivity contribution in [3.8, 4) is 5.75 Å². The van der Waals surface area contributed by atoms with Gasteiger partial charge in [0.05, 0.1) is 7.11 Å². The molecule has 2 aromatic heterocycles. The highest BCUT2D eigenvalue weighted by Crippen LogP contribution is 2.30. The van der Waals surface area contributed by atoms with Gasteiger partial charge in [-0.15, -0.1) is 0 Å². The molecule has 3 aromatic rings. The Morgan fingerprint density at radius 1 is 0.886 bits per heavy atom.